The SMILES string of the molecule is CC1=C(Cc2ccco2)C(=O)c2cc(F)ccc2C1=O. The lowest BCUT2D eigenvalue weighted by Crippen LogP contribution is -2.22. The molecule has 100 valence electrons. The number of Topliss-reactive ketones (excluding diaryl/α,β-unsaturated/α-hetero) is 2. The summed E-state index contributed by atoms with van der Waals surface area (Å²) in [6.07, 6.45) is 1.74. The summed E-state index contributed by atoms with van der Waals surface area (Å²) in [7, 11) is 0. The van der Waals surface area contributed by atoms with Crippen LogP contribution in [-0.4, -0.2) is 11.6 Å². The molecule has 1 aromatic heterocycles. The molecule has 20 heavy (non-hydrogen) atoms. The van der Waals surface area contributed by atoms with Crippen LogP contribution in [0.4, 0.5) is 4.39 Å². The highest BCUT2D eigenvalue weighted by Gasteiger charge is 2.30. The lowest BCUT2D eigenvalue weighted by molar-refractivity contribution is 0.0972. The van der Waals surface area contributed by atoms with Gasteiger partial charge >= 0.3 is 0 Å². The van der Waals surface area contributed by atoms with Crippen LogP contribution in [0.15, 0.2) is 52.2 Å². The molecule has 0 fully saturated rings. The number of carbonyl (C=O) groups excluding carboxylic acids is 2. The predicted octanol–water partition coefficient (Wildman–Crippen LogP) is 3.36. The van der Waals surface area contributed by atoms with Crippen molar-refractivity contribution in [2.75, 3.05) is 0 Å². The number of benzene rings is 1. The van der Waals surface area contributed by atoms with Crippen LogP contribution in [0, 0.1) is 5.82 Å². The van der Waals surface area contributed by atoms with Gasteiger partial charge in [-0.25, -0.2) is 4.39 Å². The van der Waals surface area contributed by atoms with E-state index < -0.39 is 5.82 Å². The molecule has 0 amide bonds. The van der Waals surface area contributed by atoms with E-state index in [1.165, 1.54) is 18.4 Å². The summed E-state index contributed by atoms with van der Waals surface area (Å²) in [6, 6.07) is 7.12. The Morgan fingerprint density at radius 2 is 1.90 bits per heavy atom. The van der Waals surface area contributed by atoms with Crippen LogP contribution in [0.25, 0.3) is 0 Å². The summed E-state index contributed by atoms with van der Waals surface area (Å²) >= 11 is 0. The molecule has 0 saturated heterocycles. The molecule has 1 aliphatic carbocycles. The van der Waals surface area contributed by atoms with E-state index in [2.05, 4.69) is 0 Å². The Bertz CT molecular complexity index is 739. The molecule has 4 heteroatoms. The van der Waals surface area contributed by atoms with E-state index in [0.717, 1.165) is 6.07 Å². The quantitative estimate of drug-likeness (QED) is 0.840. The fraction of sp³-hybridized carbons (Fsp3) is 0.125. The molecule has 3 nitrogen and oxygen atoms in total. The van der Waals surface area contributed by atoms with Gasteiger partial charge in [0.25, 0.3) is 0 Å². The molecule has 2 aromatic rings. The number of furan rings is 1. The fourth-order valence-corrected chi connectivity index (χ4v) is 2.37. The van der Waals surface area contributed by atoms with E-state index >= 15 is 0 Å². The van der Waals surface area contributed by atoms with Crippen LogP contribution in [0.3, 0.4) is 0 Å². The average Bonchev–Trinajstić information content (AvgIpc) is 2.94. The minimum atomic E-state index is -0.526. The van der Waals surface area contributed by atoms with Gasteiger partial charge in [0, 0.05) is 28.7 Å². The molecular weight excluding hydrogens is 259 g/mol. The first-order valence-corrected chi connectivity index (χ1v) is 6.19. The zero-order valence-electron chi connectivity index (χ0n) is 10.8. The lowest BCUT2D eigenvalue weighted by atomic mass is 9.83. The number of ketones is 2. The van der Waals surface area contributed by atoms with Gasteiger partial charge in [-0.15, -0.1) is 0 Å². The average molecular weight is 270 g/mol. The van der Waals surface area contributed by atoms with Crippen molar-refractivity contribution in [3.8, 4) is 0 Å². The van der Waals surface area contributed by atoms with E-state index in [1.54, 1.807) is 19.1 Å². The Balaban J connectivity index is 2.09. The van der Waals surface area contributed by atoms with Crippen LogP contribution in [0.2, 0.25) is 0 Å². The molecule has 1 heterocycles. The third-order valence-corrected chi connectivity index (χ3v) is 3.47. The molecule has 0 N–H and O–H groups in total. The second-order valence-corrected chi connectivity index (χ2v) is 4.71. The number of halogens is 1. The van der Waals surface area contributed by atoms with Gasteiger partial charge in [-0.05, 0) is 37.3 Å². The molecule has 3 rings (SSSR count). The molecule has 0 unspecified atom stereocenters. The van der Waals surface area contributed by atoms with Crippen LogP contribution in [0.5, 0.6) is 0 Å². The normalized spacial score (nSPS) is 14.7. The van der Waals surface area contributed by atoms with E-state index in [1.807, 2.05) is 0 Å². The van der Waals surface area contributed by atoms with Crippen LogP contribution >= 0.6 is 0 Å². The predicted molar refractivity (Wildman–Crippen MR) is 70.2 cm³/mol. The zero-order valence-corrected chi connectivity index (χ0v) is 10.8. The first-order chi connectivity index (χ1) is 9.58. The molecule has 1 aromatic carbocycles. The maximum Gasteiger partial charge on any atom is 0.190 e. The number of hydrogen-bond acceptors (Lipinski definition) is 3. The van der Waals surface area contributed by atoms with Gasteiger partial charge in [-0.1, -0.05) is 0 Å². The number of allylic oxidation sites excluding steroid dienone is 2. The minimum Gasteiger partial charge on any atom is -0.469 e. The Morgan fingerprint density at radius 1 is 1.10 bits per heavy atom. The zero-order chi connectivity index (χ0) is 14.3. The van der Waals surface area contributed by atoms with Gasteiger partial charge in [0.15, 0.2) is 11.6 Å². The number of rotatable bonds is 2. The minimum absolute atomic E-state index is 0.127. The van der Waals surface area contributed by atoms with E-state index in [4.69, 9.17) is 4.42 Å². The van der Waals surface area contributed by atoms with E-state index in [0.29, 0.717) is 16.9 Å². The summed E-state index contributed by atoms with van der Waals surface area (Å²) in [5, 5.41) is 0. The standard InChI is InChI=1S/C16H11FO3/c1-9-13(8-11-3-2-6-20-11)16(19)14-7-10(17)4-5-12(14)15(9)18/h2-7H,8H2,1H3. The monoisotopic (exact) mass is 270 g/mol. The van der Waals surface area contributed by atoms with Gasteiger partial charge in [0.2, 0.25) is 0 Å². The van der Waals surface area contributed by atoms with Gasteiger partial charge in [-0.2, -0.15) is 0 Å². The van der Waals surface area contributed by atoms with Gasteiger partial charge in [0.1, 0.15) is 11.6 Å². The summed E-state index contributed by atoms with van der Waals surface area (Å²) in [6.45, 7) is 1.62. The first kappa shape index (κ1) is 12.5. The highest BCUT2D eigenvalue weighted by molar-refractivity contribution is 6.26. The van der Waals surface area contributed by atoms with Crippen LogP contribution in [0.1, 0.15) is 33.4 Å². The maximum absolute atomic E-state index is 13.3. The third-order valence-electron chi connectivity index (χ3n) is 3.47. The largest absolute Gasteiger partial charge is 0.469 e. The number of hydrogen-bond donors (Lipinski definition) is 0. The van der Waals surface area contributed by atoms with E-state index in [-0.39, 0.29) is 29.1 Å². The van der Waals surface area contributed by atoms with Crippen LogP contribution < -0.4 is 0 Å². The summed E-state index contributed by atoms with van der Waals surface area (Å²) in [5.74, 6) is -0.476. The fourth-order valence-electron chi connectivity index (χ4n) is 2.37. The Kier molecular flexibility index (Phi) is 2.86. The number of carbonyl (C=O) groups is 2. The second kappa shape index (κ2) is 4.56. The Hall–Kier alpha value is -2.49. The van der Waals surface area contributed by atoms with Crippen molar-refractivity contribution in [3.05, 3.63) is 70.4 Å². The highest BCUT2D eigenvalue weighted by Crippen LogP contribution is 2.28. The van der Waals surface area contributed by atoms with Crippen molar-refractivity contribution < 1.29 is 18.4 Å². The van der Waals surface area contributed by atoms with Crippen molar-refractivity contribution in [3.63, 3.8) is 0 Å². The lowest BCUT2D eigenvalue weighted by Gasteiger charge is -2.18. The summed E-state index contributed by atoms with van der Waals surface area (Å²) in [4.78, 5) is 24.7. The van der Waals surface area contributed by atoms with Crippen molar-refractivity contribution in [1.29, 1.82) is 0 Å². The first-order valence-electron chi connectivity index (χ1n) is 6.19. The molecule has 0 bridgehead atoms. The Labute approximate surface area is 114 Å². The van der Waals surface area contributed by atoms with Crippen molar-refractivity contribution >= 4 is 11.6 Å². The van der Waals surface area contributed by atoms with Gasteiger partial charge < -0.3 is 4.42 Å². The molecule has 0 saturated carbocycles. The van der Waals surface area contributed by atoms with E-state index in [9.17, 15) is 14.0 Å². The summed E-state index contributed by atoms with van der Waals surface area (Å²) in [5.41, 5.74) is 1.15. The third kappa shape index (κ3) is 1.90. The van der Waals surface area contributed by atoms with Crippen LogP contribution in [-0.2, 0) is 6.42 Å². The van der Waals surface area contributed by atoms with Crippen molar-refractivity contribution in [1.82, 2.24) is 0 Å². The Morgan fingerprint density at radius 3 is 2.60 bits per heavy atom. The van der Waals surface area contributed by atoms with Crippen molar-refractivity contribution in [2.24, 2.45) is 0 Å². The smallest absolute Gasteiger partial charge is 0.190 e. The molecule has 1 aliphatic rings. The molecule has 0 atom stereocenters. The highest BCUT2D eigenvalue weighted by atomic mass is 19.1. The molecule has 0 radical (unpaired) electrons. The second-order valence-electron chi connectivity index (χ2n) is 4.71. The van der Waals surface area contributed by atoms with Gasteiger partial charge in [0.05, 0.1) is 6.26 Å². The molecule has 0 spiro atoms. The molecule has 0 aliphatic heterocycles. The van der Waals surface area contributed by atoms with Gasteiger partial charge in [-0.3, -0.25) is 9.59 Å². The number of fused-ring (bicyclic) bond motifs is 1. The van der Waals surface area contributed by atoms with Crippen molar-refractivity contribution in [2.45, 2.75) is 13.3 Å². The molecular formula is C16H11FO3. The summed E-state index contributed by atoms with van der Waals surface area (Å²) < 4.78 is 18.5. The topological polar surface area (TPSA) is 47.3 Å². The maximum atomic E-state index is 13.3.